The van der Waals surface area contributed by atoms with Crippen molar-refractivity contribution in [2.75, 3.05) is 13.1 Å². The highest BCUT2D eigenvalue weighted by atomic mass is 16.5. The van der Waals surface area contributed by atoms with Crippen LogP contribution < -0.4 is 4.74 Å². The second-order valence-corrected chi connectivity index (χ2v) is 7.98. The summed E-state index contributed by atoms with van der Waals surface area (Å²) in [6.07, 6.45) is 4.88. The molecule has 1 fully saturated rings. The molecule has 3 aromatic rings. The van der Waals surface area contributed by atoms with Crippen molar-refractivity contribution in [1.82, 2.24) is 14.7 Å². The van der Waals surface area contributed by atoms with Crippen molar-refractivity contribution in [3.05, 3.63) is 84.6 Å². The molecule has 1 atom stereocenters. The molecule has 0 amide bonds. The molecule has 7 heteroatoms. The second kappa shape index (κ2) is 10.1. The first-order valence-corrected chi connectivity index (χ1v) is 11.1. The molecular formula is C27H28N6O. The first kappa shape index (κ1) is 22.9. The van der Waals surface area contributed by atoms with E-state index in [0.717, 1.165) is 36.5 Å². The van der Waals surface area contributed by atoms with E-state index >= 15 is 0 Å². The number of aliphatic imine (C=N–C) groups is 2. The summed E-state index contributed by atoms with van der Waals surface area (Å²) in [7, 11) is 0. The van der Waals surface area contributed by atoms with Gasteiger partial charge in [0, 0.05) is 24.4 Å². The van der Waals surface area contributed by atoms with Gasteiger partial charge in [0.1, 0.15) is 17.2 Å². The van der Waals surface area contributed by atoms with Gasteiger partial charge in [-0.15, -0.1) is 0 Å². The molecule has 0 radical (unpaired) electrons. The van der Waals surface area contributed by atoms with Crippen molar-refractivity contribution in [3.8, 4) is 22.8 Å². The van der Waals surface area contributed by atoms with Crippen LogP contribution in [0.15, 0.2) is 89.0 Å². The van der Waals surface area contributed by atoms with E-state index in [2.05, 4.69) is 34.9 Å². The Hall–Kier alpha value is -4.26. The van der Waals surface area contributed by atoms with Crippen LogP contribution in [0.1, 0.15) is 24.9 Å². The SMILES string of the molecule is C=NC(=N)c1c(-c2ccc(Oc3ccccc3)cc2)nn([C@@H]2CCN(C(=C)/C=C/C)C2)c1N=C. The van der Waals surface area contributed by atoms with Gasteiger partial charge in [-0.2, -0.15) is 5.10 Å². The third-order valence-corrected chi connectivity index (χ3v) is 5.81. The van der Waals surface area contributed by atoms with Crippen LogP contribution in [0.25, 0.3) is 11.3 Å². The van der Waals surface area contributed by atoms with Crippen molar-refractivity contribution in [3.63, 3.8) is 0 Å². The van der Waals surface area contributed by atoms with Gasteiger partial charge in [-0.3, -0.25) is 5.41 Å². The highest BCUT2D eigenvalue weighted by Crippen LogP contribution is 2.37. The van der Waals surface area contributed by atoms with Crippen molar-refractivity contribution in [2.24, 2.45) is 9.98 Å². The number of allylic oxidation sites excluding steroid dienone is 2. The number of likely N-dealkylation sites (tertiary alicyclic amines) is 1. The number of aromatic nitrogens is 2. The number of para-hydroxylation sites is 1. The molecule has 0 aliphatic carbocycles. The molecule has 4 rings (SSSR count). The molecule has 7 nitrogen and oxygen atoms in total. The van der Waals surface area contributed by atoms with Crippen LogP contribution in [0.5, 0.6) is 11.5 Å². The van der Waals surface area contributed by atoms with Gasteiger partial charge >= 0.3 is 0 Å². The predicted molar refractivity (Wildman–Crippen MR) is 139 cm³/mol. The third-order valence-electron chi connectivity index (χ3n) is 5.81. The standard InChI is InChI=1S/C27H28N6O/c1-5-9-19(2)32-17-16-21(18-32)33-27(30-4)24(26(28)29-3)25(31-33)20-12-14-23(15-13-20)34-22-10-7-6-8-11-22/h5-15,21,28H,2-4,16-18H2,1H3/b9-5+,28-26?/t21-/m1/s1. The summed E-state index contributed by atoms with van der Waals surface area (Å²) in [6, 6.07) is 17.3. The smallest absolute Gasteiger partial charge is 0.161 e. The van der Waals surface area contributed by atoms with E-state index in [0.29, 0.717) is 22.8 Å². The Morgan fingerprint density at radius 2 is 1.82 bits per heavy atom. The molecule has 1 aliphatic rings. The van der Waals surface area contributed by atoms with E-state index in [1.807, 2.05) is 78.4 Å². The Morgan fingerprint density at radius 1 is 1.12 bits per heavy atom. The summed E-state index contributed by atoms with van der Waals surface area (Å²) >= 11 is 0. The van der Waals surface area contributed by atoms with Crippen LogP contribution >= 0.6 is 0 Å². The monoisotopic (exact) mass is 452 g/mol. The Labute approximate surface area is 199 Å². The lowest BCUT2D eigenvalue weighted by Gasteiger charge is -2.19. The van der Waals surface area contributed by atoms with Crippen LogP contribution in [0, 0.1) is 5.41 Å². The zero-order valence-corrected chi connectivity index (χ0v) is 19.3. The average Bonchev–Trinajstić information content (AvgIpc) is 3.50. The maximum absolute atomic E-state index is 8.42. The van der Waals surface area contributed by atoms with Crippen LogP contribution in [-0.4, -0.2) is 47.0 Å². The number of nitrogens with zero attached hydrogens (tertiary/aromatic N) is 5. The molecule has 2 heterocycles. The summed E-state index contributed by atoms with van der Waals surface area (Å²) in [4.78, 5) is 10.3. The minimum Gasteiger partial charge on any atom is -0.457 e. The van der Waals surface area contributed by atoms with Gasteiger partial charge in [-0.05, 0) is 69.3 Å². The number of nitrogens with one attached hydrogen (secondary N) is 1. The molecule has 0 spiro atoms. The highest BCUT2D eigenvalue weighted by Gasteiger charge is 2.30. The average molecular weight is 453 g/mol. The largest absolute Gasteiger partial charge is 0.457 e. The zero-order valence-electron chi connectivity index (χ0n) is 19.3. The number of benzene rings is 2. The number of hydrogen-bond donors (Lipinski definition) is 1. The fraction of sp³-hybridized carbons (Fsp3) is 0.185. The highest BCUT2D eigenvalue weighted by molar-refractivity contribution is 6.07. The van der Waals surface area contributed by atoms with Gasteiger partial charge in [0.05, 0.1) is 11.6 Å². The Kier molecular flexibility index (Phi) is 6.82. The lowest BCUT2D eigenvalue weighted by atomic mass is 10.1. The van der Waals surface area contributed by atoms with Crippen LogP contribution in [0.2, 0.25) is 0 Å². The van der Waals surface area contributed by atoms with E-state index in [-0.39, 0.29) is 11.9 Å². The lowest BCUT2D eigenvalue weighted by molar-refractivity contribution is 0.402. The molecule has 1 N–H and O–H groups in total. The minimum absolute atomic E-state index is 0.0152. The number of amidine groups is 1. The Balaban J connectivity index is 1.68. The van der Waals surface area contributed by atoms with Crippen LogP contribution in [0.3, 0.4) is 0 Å². The molecular weight excluding hydrogens is 424 g/mol. The third kappa shape index (κ3) is 4.59. The fourth-order valence-corrected chi connectivity index (χ4v) is 4.14. The normalized spacial score (nSPS) is 15.4. The minimum atomic E-state index is 0.0152. The molecule has 0 bridgehead atoms. The van der Waals surface area contributed by atoms with Gasteiger partial charge in [0.15, 0.2) is 11.7 Å². The molecule has 0 unspecified atom stereocenters. The van der Waals surface area contributed by atoms with E-state index in [1.54, 1.807) is 0 Å². The molecule has 1 saturated heterocycles. The molecule has 2 aromatic carbocycles. The Morgan fingerprint density at radius 3 is 2.47 bits per heavy atom. The van der Waals surface area contributed by atoms with Crippen LogP contribution in [-0.2, 0) is 0 Å². The quantitative estimate of drug-likeness (QED) is 0.257. The lowest BCUT2D eigenvalue weighted by Crippen LogP contribution is -2.20. The maximum Gasteiger partial charge on any atom is 0.161 e. The molecule has 34 heavy (non-hydrogen) atoms. The summed E-state index contributed by atoms with van der Waals surface area (Å²) in [6.45, 7) is 15.1. The van der Waals surface area contributed by atoms with Gasteiger partial charge in [-0.1, -0.05) is 30.9 Å². The van der Waals surface area contributed by atoms with Crippen molar-refractivity contribution < 1.29 is 4.74 Å². The first-order chi connectivity index (χ1) is 16.5. The van der Waals surface area contributed by atoms with E-state index < -0.39 is 0 Å². The zero-order chi connectivity index (χ0) is 24.1. The molecule has 172 valence electrons. The van der Waals surface area contributed by atoms with Gasteiger partial charge in [-0.25, -0.2) is 14.7 Å². The second-order valence-electron chi connectivity index (χ2n) is 7.98. The number of hydrogen-bond acceptors (Lipinski definition) is 5. The van der Waals surface area contributed by atoms with Gasteiger partial charge < -0.3 is 9.64 Å². The van der Waals surface area contributed by atoms with E-state index in [9.17, 15) is 0 Å². The predicted octanol–water partition coefficient (Wildman–Crippen LogP) is 6.04. The summed E-state index contributed by atoms with van der Waals surface area (Å²) < 4.78 is 7.78. The number of ether oxygens (including phenoxy) is 1. The maximum atomic E-state index is 8.42. The van der Waals surface area contributed by atoms with Crippen molar-refractivity contribution in [1.29, 1.82) is 5.41 Å². The molecule has 1 aromatic heterocycles. The van der Waals surface area contributed by atoms with Gasteiger partial charge in [0.25, 0.3) is 0 Å². The number of rotatable bonds is 8. The van der Waals surface area contributed by atoms with Crippen LogP contribution in [0.4, 0.5) is 5.82 Å². The van der Waals surface area contributed by atoms with E-state index in [4.69, 9.17) is 15.2 Å². The van der Waals surface area contributed by atoms with E-state index in [1.165, 1.54) is 0 Å². The molecule has 1 aliphatic heterocycles. The fourth-order valence-electron chi connectivity index (χ4n) is 4.14. The molecule has 0 saturated carbocycles. The first-order valence-electron chi connectivity index (χ1n) is 11.1. The van der Waals surface area contributed by atoms with Crippen molar-refractivity contribution in [2.45, 2.75) is 19.4 Å². The van der Waals surface area contributed by atoms with Gasteiger partial charge in [0.2, 0.25) is 0 Å². The summed E-state index contributed by atoms with van der Waals surface area (Å²) in [5.74, 6) is 2.02. The summed E-state index contributed by atoms with van der Waals surface area (Å²) in [5, 5.41) is 13.3. The Bertz CT molecular complexity index is 1240. The van der Waals surface area contributed by atoms with Crippen molar-refractivity contribution >= 4 is 25.1 Å². The topological polar surface area (TPSA) is 78.9 Å². The summed E-state index contributed by atoms with van der Waals surface area (Å²) in [5.41, 5.74) is 2.95.